The van der Waals surface area contributed by atoms with Gasteiger partial charge in [0.25, 0.3) is 0 Å². The number of nitrogens with one attached hydrogen (secondary N) is 1. The molecule has 1 N–H and O–H groups in total. The first-order valence-corrected chi connectivity index (χ1v) is 6.74. The lowest BCUT2D eigenvalue weighted by Crippen LogP contribution is -2.28. The Balaban J connectivity index is 2.06. The molecule has 1 aliphatic rings. The van der Waals surface area contributed by atoms with Crippen LogP contribution in [0, 0.1) is 11.3 Å². The molecule has 0 amide bonds. The second-order valence-electron chi connectivity index (χ2n) is 3.71. The molecule has 86 valence electrons. The van der Waals surface area contributed by atoms with Gasteiger partial charge in [0.15, 0.2) is 0 Å². The van der Waals surface area contributed by atoms with E-state index in [0.717, 1.165) is 37.2 Å². The van der Waals surface area contributed by atoms with Crippen LogP contribution in [0.4, 0.5) is 0 Å². The van der Waals surface area contributed by atoms with Gasteiger partial charge in [-0.1, -0.05) is 6.92 Å². The van der Waals surface area contributed by atoms with E-state index in [1.165, 1.54) is 12.8 Å². The highest BCUT2D eigenvalue weighted by Crippen LogP contribution is 2.22. The van der Waals surface area contributed by atoms with Gasteiger partial charge in [-0.05, 0) is 31.6 Å². The average molecular weight is 228 g/mol. The molecule has 0 spiro atoms. The van der Waals surface area contributed by atoms with Gasteiger partial charge in [0.05, 0.1) is 12.1 Å². The molecule has 1 fully saturated rings. The molecule has 0 saturated carbocycles. The Labute approximate surface area is 96.6 Å². The van der Waals surface area contributed by atoms with E-state index in [0.29, 0.717) is 0 Å². The molecule has 0 radical (unpaired) electrons. The van der Waals surface area contributed by atoms with Crippen molar-refractivity contribution < 1.29 is 4.74 Å². The summed E-state index contributed by atoms with van der Waals surface area (Å²) < 4.78 is 5.31. The SMILES string of the molecule is CCNC(C#N)CCSC1CCOCC1. The highest BCUT2D eigenvalue weighted by Gasteiger charge is 2.14. The van der Waals surface area contributed by atoms with Gasteiger partial charge in [-0.2, -0.15) is 17.0 Å². The van der Waals surface area contributed by atoms with Crippen molar-refractivity contribution in [3.8, 4) is 6.07 Å². The topological polar surface area (TPSA) is 45.0 Å². The lowest BCUT2D eigenvalue weighted by molar-refractivity contribution is 0.100. The first kappa shape index (κ1) is 12.8. The van der Waals surface area contributed by atoms with Crippen molar-refractivity contribution in [1.82, 2.24) is 5.32 Å². The van der Waals surface area contributed by atoms with Gasteiger partial charge in [-0.3, -0.25) is 0 Å². The molecule has 1 unspecified atom stereocenters. The van der Waals surface area contributed by atoms with Crippen molar-refractivity contribution in [3.63, 3.8) is 0 Å². The largest absolute Gasteiger partial charge is 0.381 e. The predicted molar refractivity (Wildman–Crippen MR) is 64.0 cm³/mol. The highest BCUT2D eigenvalue weighted by atomic mass is 32.2. The number of nitrogens with zero attached hydrogens (tertiary/aromatic N) is 1. The number of ether oxygens (including phenoxy) is 1. The molecule has 3 nitrogen and oxygen atoms in total. The summed E-state index contributed by atoms with van der Waals surface area (Å²) in [4.78, 5) is 0. The van der Waals surface area contributed by atoms with Gasteiger partial charge >= 0.3 is 0 Å². The third-order valence-corrected chi connectivity index (χ3v) is 3.95. The predicted octanol–water partition coefficient (Wildman–Crippen LogP) is 1.79. The smallest absolute Gasteiger partial charge is 0.0960 e. The van der Waals surface area contributed by atoms with Crippen LogP contribution in [0.2, 0.25) is 0 Å². The van der Waals surface area contributed by atoms with Crippen LogP contribution in [0.5, 0.6) is 0 Å². The standard InChI is InChI=1S/C11H20N2OS/c1-2-13-10(9-12)5-8-15-11-3-6-14-7-4-11/h10-11,13H,2-8H2,1H3. The normalized spacial score (nSPS) is 19.7. The van der Waals surface area contributed by atoms with Crippen LogP contribution in [0.25, 0.3) is 0 Å². The van der Waals surface area contributed by atoms with Crippen LogP contribution < -0.4 is 5.32 Å². The van der Waals surface area contributed by atoms with Crippen molar-refractivity contribution in [2.24, 2.45) is 0 Å². The fraction of sp³-hybridized carbons (Fsp3) is 0.909. The minimum absolute atomic E-state index is 0.0299. The summed E-state index contributed by atoms with van der Waals surface area (Å²) in [5.74, 6) is 1.08. The lowest BCUT2D eigenvalue weighted by atomic mass is 10.2. The first-order chi connectivity index (χ1) is 7.36. The molecular formula is C11H20N2OS. The van der Waals surface area contributed by atoms with Crippen LogP contribution in [0.15, 0.2) is 0 Å². The number of nitriles is 1. The average Bonchev–Trinajstić information content (AvgIpc) is 2.29. The van der Waals surface area contributed by atoms with Crippen molar-refractivity contribution in [1.29, 1.82) is 5.26 Å². The minimum Gasteiger partial charge on any atom is -0.381 e. The molecule has 1 rings (SSSR count). The van der Waals surface area contributed by atoms with Gasteiger partial charge in [-0.25, -0.2) is 0 Å². The molecule has 0 aromatic carbocycles. The third-order valence-electron chi connectivity index (χ3n) is 2.53. The van der Waals surface area contributed by atoms with Gasteiger partial charge in [-0.15, -0.1) is 0 Å². The van der Waals surface area contributed by atoms with Crippen molar-refractivity contribution in [3.05, 3.63) is 0 Å². The minimum atomic E-state index is 0.0299. The van der Waals surface area contributed by atoms with Gasteiger partial charge in [0.2, 0.25) is 0 Å². The summed E-state index contributed by atoms with van der Waals surface area (Å²) in [5.41, 5.74) is 0. The zero-order valence-electron chi connectivity index (χ0n) is 9.37. The fourth-order valence-corrected chi connectivity index (χ4v) is 2.88. The van der Waals surface area contributed by atoms with Crippen molar-refractivity contribution in [2.45, 2.75) is 37.5 Å². The van der Waals surface area contributed by atoms with E-state index in [4.69, 9.17) is 10.00 Å². The Bertz CT molecular complexity index is 199. The van der Waals surface area contributed by atoms with Crippen LogP contribution in [0.1, 0.15) is 26.2 Å². The van der Waals surface area contributed by atoms with E-state index in [1.54, 1.807) is 0 Å². The number of thioether (sulfide) groups is 1. The number of hydrogen-bond donors (Lipinski definition) is 1. The number of hydrogen-bond acceptors (Lipinski definition) is 4. The van der Waals surface area contributed by atoms with E-state index < -0.39 is 0 Å². The molecule has 0 aromatic rings. The molecule has 4 heteroatoms. The summed E-state index contributed by atoms with van der Waals surface area (Å²) >= 11 is 2.00. The quantitative estimate of drug-likeness (QED) is 0.753. The third kappa shape index (κ3) is 5.41. The molecule has 1 heterocycles. The fourth-order valence-electron chi connectivity index (χ4n) is 1.65. The van der Waals surface area contributed by atoms with E-state index >= 15 is 0 Å². The van der Waals surface area contributed by atoms with Crippen LogP contribution >= 0.6 is 11.8 Å². The molecule has 0 aromatic heterocycles. The molecule has 1 atom stereocenters. The van der Waals surface area contributed by atoms with Gasteiger partial charge in [0.1, 0.15) is 0 Å². The molecule has 1 saturated heterocycles. The highest BCUT2D eigenvalue weighted by molar-refractivity contribution is 7.99. The van der Waals surface area contributed by atoms with Crippen LogP contribution in [0.3, 0.4) is 0 Å². The molecule has 15 heavy (non-hydrogen) atoms. The zero-order chi connectivity index (χ0) is 10.9. The Morgan fingerprint density at radius 2 is 2.27 bits per heavy atom. The Morgan fingerprint density at radius 3 is 2.87 bits per heavy atom. The first-order valence-electron chi connectivity index (χ1n) is 5.69. The Hall–Kier alpha value is -0.240. The Morgan fingerprint density at radius 1 is 1.53 bits per heavy atom. The van der Waals surface area contributed by atoms with Crippen molar-refractivity contribution in [2.75, 3.05) is 25.5 Å². The zero-order valence-corrected chi connectivity index (χ0v) is 10.2. The Kier molecular flexibility index (Phi) is 6.82. The summed E-state index contributed by atoms with van der Waals surface area (Å²) in [5, 5.41) is 12.8. The van der Waals surface area contributed by atoms with Crippen LogP contribution in [-0.2, 0) is 4.74 Å². The monoisotopic (exact) mass is 228 g/mol. The van der Waals surface area contributed by atoms with Crippen LogP contribution in [-0.4, -0.2) is 36.8 Å². The maximum Gasteiger partial charge on any atom is 0.0960 e. The maximum absolute atomic E-state index is 8.85. The second-order valence-corrected chi connectivity index (χ2v) is 5.12. The van der Waals surface area contributed by atoms with E-state index in [-0.39, 0.29) is 6.04 Å². The van der Waals surface area contributed by atoms with E-state index in [1.807, 2.05) is 18.7 Å². The van der Waals surface area contributed by atoms with E-state index in [2.05, 4.69) is 11.4 Å². The maximum atomic E-state index is 8.85. The lowest BCUT2D eigenvalue weighted by Gasteiger charge is -2.21. The van der Waals surface area contributed by atoms with Gasteiger partial charge < -0.3 is 10.1 Å². The molecule has 0 bridgehead atoms. The number of rotatable bonds is 6. The molecule has 0 aliphatic carbocycles. The molecular weight excluding hydrogens is 208 g/mol. The summed E-state index contributed by atoms with van der Waals surface area (Å²) in [6, 6.07) is 2.32. The summed E-state index contributed by atoms with van der Waals surface area (Å²) in [6.07, 6.45) is 3.29. The van der Waals surface area contributed by atoms with Crippen molar-refractivity contribution >= 4 is 11.8 Å². The second kappa shape index (κ2) is 7.98. The summed E-state index contributed by atoms with van der Waals surface area (Å²) in [7, 11) is 0. The van der Waals surface area contributed by atoms with E-state index in [9.17, 15) is 0 Å². The van der Waals surface area contributed by atoms with Gasteiger partial charge in [0, 0.05) is 18.5 Å². The molecule has 1 aliphatic heterocycles. The summed E-state index contributed by atoms with van der Waals surface area (Å²) in [6.45, 7) is 4.73.